The number of carbonyl (C=O) groups excluding carboxylic acids is 2. The van der Waals surface area contributed by atoms with Gasteiger partial charge in [0.15, 0.2) is 0 Å². The molecule has 0 radical (unpaired) electrons. The van der Waals surface area contributed by atoms with E-state index < -0.39 is 6.04 Å². The summed E-state index contributed by atoms with van der Waals surface area (Å²) in [6.45, 7) is 1.40. The van der Waals surface area contributed by atoms with Gasteiger partial charge in [-0.2, -0.15) is 0 Å². The first-order valence-electron chi connectivity index (χ1n) is 12.8. The summed E-state index contributed by atoms with van der Waals surface area (Å²) in [6.07, 6.45) is 1.91. The minimum Gasteiger partial charge on any atom is -0.378 e. The van der Waals surface area contributed by atoms with Crippen molar-refractivity contribution in [2.24, 2.45) is 0 Å². The zero-order chi connectivity index (χ0) is 26.5. The second-order valence-corrected chi connectivity index (χ2v) is 10.6. The number of aromatic nitrogens is 3. The fourth-order valence-electron chi connectivity index (χ4n) is 4.69. The van der Waals surface area contributed by atoms with Gasteiger partial charge in [0.1, 0.15) is 18.1 Å². The van der Waals surface area contributed by atoms with Crippen LogP contribution >= 0.6 is 11.3 Å². The molecule has 198 valence electrons. The molecule has 0 aliphatic carbocycles. The lowest BCUT2D eigenvalue weighted by atomic mass is 10.0. The van der Waals surface area contributed by atoms with Crippen molar-refractivity contribution >= 4 is 39.9 Å². The van der Waals surface area contributed by atoms with Crippen LogP contribution in [0.25, 0.3) is 11.0 Å². The number of nitrogens with zero attached hydrogens (tertiary/aromatic N) is 5. The van der Waals surface area contributed by atoms with Gasteiger partial charge in [0.25, 0.3) is 0 Å². The molecule has 10 heteroatoms. The van der Waals surface area contributed by atoms with Crippen molar-refractivity contribution in [3.8, 4) is 0 Å². The Morgan fingerprint density at radius 1 is 1.13 bits per heavy atom. The normalized spacial score (nSPS) is 15.9. The predicted octanol–water partition coefficient (Wildman–Crippen LogP) is 3.62. The van der Waals surface area contributed by atoms with Gasteiger partial charge in [-0.05, 0) is 54.1 Å². The van der Waals surface area contributed by atoms with Crippen LogP contribution in [-0.4, -0.2) is 65.1 Å². The highest BCUT2D eigenvalue weighted by molar-refractivity contribution is 7.09. The topological polar surface area (TPSA) is 92.6 Å². The smallest absolute Gasteiger partial charge is 0.247 e. The van der Waals surface area contributed by atoms with E-state index in [0.29, 0.717) is 19.7 Å². The van der Waals surface area contributed by atoms with Crippen molar-refractivity contribution < 1.29 is 14.3 Å². The highest BCUT2D eigenvalue weighted by Crippen LogP contribution is 2.28. The van der Waals surface area contributed by atoms with Crippen LogP contribution in [0.1, 0.15) is 29.3 Å². The van der Waals surface area contributed by atoms with Crippen molar-refractivity contribution in [2.45, 2.75) is 38.1 Å². The van der Waals surface area contributed by atoms with Crippen molar-refractivity contribution in [2.75, 3.05) is 32.1 Å². The van der Waals surface area contributed by atoms with Crippen LogP contribution in [0, 0.1) is 0 Å². The first kappa shape index (κ1) is 25.9. The molecule has 0 saturated carbocycles. The molecular formula is C28H32N6O3S. The zero-order valence-electron chi connectivity index (χ0n) is 21.6. The lowest BCUT2D eigenvalue weighted by Crippen LogP contribution is -2.46. The molecule has 9 nitrogen and oxygen atoms in total. The summed E-state index contributed by atoms with van der Waals surface area (Å²) in [6, 6.07) is 18.4. The van der Waals surface area contributed by atoms with Gasteiger partial charge in [0, 0.05) is 37.8 Å². The van der Waals surface area contributed by atoms with Crippen LogP contribution in [0.3, 0.4) is 0 Å². The van der Waals surface area contributed by atoms with Gasteiger partial charge in [0.2, 0.25) is 11.8 Å². The summed E-state index contributed by atoms with van der Waals surface area (Å²) in [5.74, 6) is -0.450. The minimum atomic E-state index is -0.822. The van der Waals surface area contributed by atoms with Crippen LogP contribution in [0.15, 0.2) is 66.0 Å². The molecule has 1 N–H and O–H groups in total. The Balaban J connectivity index is 1.48. The SMILES string of the molecule is CN(C)c1ccc(C(C(=O)NCC2CCCO2)N(Cc2cccs2)C(=O)Cn2nnc3ccccc32)cc1. The third-order valence-electron chi connectivity index (χ3n) is 6.75. The van der Waals surface area contributed by atoms with Gasteiger partial charge in [0.05, 0.1) is 18.2 Å². The number of thiophene rings is 1. The molecule has 2 amide bonds. The standard InChI is InChI=1S/C28H32N6O3S/c1-32(2)21-13-11-20(12-14-21)27(28(36)29-17-22-7-5-15-37-22)33(18-23-8-6-16-38-23)26(35)19-34-25-10-4-3-9-24(25)30-31-34/h3-4,6,8-14,16,22,27H,5,7,15,17-19H2,1-2H3,(H,29,36). The lowest BCUT2D eigenvalue weighted by Gasteiger charge is -2.31. The molecule has 3 heterocycles. The Bertz CT molecular complexity index is 1360. The minimum absolute atomic E-state index is 0.00122. The zero-order valence-corrected chi connectivity index (χ0v) is 22.4. The molecule has 2 aromatic carbocycles. The van der Waals surface area contributed by atoms with E-state index in [1.54, 1.807) is 20.9 Å². The molecule has 1 saturated heterocycles. The molecular weight excluding hydrogens is 500 g/mol. The van der Waals surface area contributed by atoms with Gasteiger partial charge in [-0.1, -0.05) is 35.5 Å². The van der Waals surface area contributed by atoms with Crippen molar-refractivity contribution in [3.63, 3.8) is 0 Å². The Morgan fingerprint density at radius 3 is 2.66 bits per heavy atom. The Labute approximate surface area is 226 Å². The van der Waals surface area contributed by atoms with E-state index in [2.05, 4.69) is 15.6 Å². The second-order valence-electron chi connectivity index (χ2n) is 9.61. The first-order chi connectivity index (χ1) is 18.5. The molecule has 0 bridgehead atoms. The van der Waals surface area contributed by atoms with Gasteiger partial charge in [-0.15, -0.1) is 16.4 Å². The van der Waals surface area contributed by atoms with Crippen LogP contribution in [-0.2, 0) is 27.4 Å². The number of carbonyl (C=O) groups is 2. The molecule has 38 heavy (non-hydrogen) atoms. The van der Waals surface area contributed by atoms with Crippen LogP contribution < -0.4 is 10.2 Å². The summed E-state index contributed by atoms with van der Waals surface area (Å²) in [7, 11) is 3.94. The number of para-hydroxylation sites is 1. The van der Waals surface area contributed by atoms with Crippen LogP contribution in [0.5, 0.6) is 0 Å². The number of fused-ring (bicyclic) bond motifs is 1. The molecule has 4 aromatic rings. The number of rotatable bonds is 10. The number of benzene rings is 2. The van der Waals surface area contributed by atoms with E-state index in [1.165, 1.54) is 0 Å². The highest BCUT2D eigenvalue weighted by Gasteiger charge is 2.33. The summed E-state index contributed by atoms with van der Waals surface area (Å²) in [5.41, 5.74) is 3.24. The average molecular weight is 533 g/mol. The Morgan fingerprint density at radius 2 is 1.95 bits per heavy atom. The number of hydrogen-bond acceptors (Lipinski definition) is 7. The van der Waals surface area contributed by atoms with E-state index in [-0.39, 0.29) is 24.5 Å². The first-order valence-corrected chi connectivity index (χ1v) is 13.6. The van der Waals surface area contributed by atoms with E-state index in [0.717, 1.165) is 40.0 Å². The average Bonchev–Trinajstić information content (AvgIpc) is 3.71. The maximum atomic E-state index is 14.0. The molecule has 1 aliphatic heterocycles. The fraction of sp³-hybridized carbons (Fsp3) is 0.357. The molecule has 2 aromatic heterocycles. The van der Waals surface area contributed by atoms with Crippen molar-refractivity contribution in [3.05, 3.63) is 76.5 Å². The quantitative estimate of drug-likeness (QED) is 0.335. The lowest BCUT2D eigenvalue weighted by molar-refractivity contribution is -0.142. The number of anilines is 1. The molecule has 1 aliphatic rings. The molecule has 2 unspecified atom stereocenters. The van der Waals surface area contributed by atoms with E-state index in [4.69, 9.17) is 4.74 Å². The highest BCUT2D eigenvalue weighted by atomic mass is 32.1. The molecule has 0 spiro atoms. The van der Waals surface area contributed by atoms with E-state index >= 15 is 0 Å². The van der Waals surface area contributed by atoms with Crippen molar-refractivity contribution in [1.29, 1.82) is 0 Å². The van der Waals surface area contributed by atoms with Crippen molar-refractivity contribution in [1.82, 2.24) is 25.2 Å². The Kier molecular flexibility index (Phi) is 8.00. The molecule has 1 fully saturated rings. The molecule has 5 rings (SSSR count). The summed E-state index contributed by atoms with van der Waals surface area (Å²) >= 11 is 1.56. The van der Waals surface area contributed by atoms with E-state index in [1.807, 2.05) is 85.0 Å². The third-order valence-corrected chi connectivity index (χ3v) is 7.61. The summed E-state index contributed by atoms with van der Waals surface area (Å²) in [4.78, 5) is 32.4. The number of nitrogens with one attached hydrogen (secondary N) is 1. The van der Waals surface area contributed by atoms with Gasteiger partial charge in [-0.25, -0.2) is 4.68 Å². The fourth-order valence-corrected chi connectivity index (χ4v) is 5.39. The summed E-state index contributed by atoms with van der Waals surface area (Å²) in [5, 5.41) is 13.4. The number of ether oxygens (including phenoxy) is 1. The third kappa shape index (κ3) is 5.87. The summed E-state index contributed by atoms with van der Waals surface area (Å²) < 4.78 is 7.31. The largest absolute Gasteiger partial charge is 0.378 e. The monoisotopic (exact) mass is 532 g/mol. The van der Waals surface area contributed by atoms with Gasteiger partial charge < -0.3 is 19.9 Å². The van der Waals surface area contributed by atoms with Crippen LogP contribution in [0.4, 0.5) is 5.69 Å². The predicted molar refractivity (Wildman–Crippen MR) is 148 cm³/mol. The maximum absolute atomic E-state index is 14.0. The van der Waals surface area contributed by atoms with Gasteiger partial charge >= 0.3 is 0 Å². The van der Waals surface area contributed by atoms with Crippen LogP contribution in [0.2, 0.25) is 0 Å². The molecule has 2 atom stereocenters. The number of hydrogen-bond donors (Lipinski definition) is 1. The number of amides is 2. The Hall–Kier alpha value is -3.76. The maximum Gasteiger partial charge on any atom is 0.247 e. The second kappa shape index (κ2) is 11.7. The van der Waals surface area contributed by atoms with E-state index in [9.17, 15) is 9.59 Å². The van der Waals surface area contributed by atoms with Gasteiger partial charge in [-0.3, -0.25) is 9.59 Å².